The Morgan fingerprint density at radius 3 is 2.77 bits per heavy atom. The number of aromatic amines is 1. The van der Waals surface area contributed by atoms with Crippen molar-refractivity contribution in [2.24, 2.45) is 5.10 Å². The van der Waals surface area contributed by atoms with Crippen molar-refractivity contribution in [2.75, 3.05) is 24.7 Å². The van der Waals surface area contributed by atoms with Crippen LogP contribution in [0.25, 0.3) is 0 Å². The Morgan fingerprint density at radius 1 is 1.30 bits per heavy atom. The van der Waals surface area contributed by atoms with E-state index in [2.05, 4.69) is 15.5 Å². The number of nitrogens with zero attached hydrogens (tertiary/aromatic N) is 2. The van der Waals surface area contributed by atoms with Gasteiger partial charge in [0.25, 0.3) is 11.8 Å². The van der Waals surface area contributed by atoms with E-state index in [0.717, 1.165) is 0 Å². The molecule has 2 amide bonds. The monoisotopic (exact) mass is 412 g/mol. The second-order valence-electron chi connectivity index (χ2n) is 6.81. The molecule has 2 aromatic rings. The summed E-state index contributed by atoms with van der Waals surface area (Å²) in [4.78, 5) is 41.2. The van der Waals surface area contributed by atoms with Crippen LogP contribution in [0.15, 0.2) is 29.4 Å². The van der Waals surface area contributed by atoms with Crippen LogP contribution in [0.3, 0.4) is 0 Å². The zero-order chi connectivity index (χ0) is 21.8. The number of amides is 2. The minimum atomic E-state index is -0.453. The van der Waals surface area contributed by atoms with E-state index in [4.69, 9.17) is 9.47 Å². The summed E-state index contributed by atoms with van der Waals surface area (Å²) in [5.74, 6) is -0.615. The van der Waals surface area contributed by atoms with E-state index in [1.54, 1.807) is 52.0 Å². The van der Waals surface area contributed by atoms with Gasteiger partial charge in [-0.2, -0.15) is 5.10 Å². The number of esters is 1. The molecule has 9 nitrogen and oxygen atoms in total. The first kappa shape index (κ1) is 21.1. The molecule has 0 fully saturated rings. The topological polar surface area (TPSA) is 113 Å². The standard InChI is InChI=1S/C21H24N4O5/c1-5-29-21(28)19-12(2)20(22-13(19)3)14(4)23-24-17(26)10-25-15-8-6-7-9-16(15)30-11-18(25)27/h6-9,22H,5,10-11H2,1-4H3,(H,24,26)/b23-14+. The van der Waals surface area contributed by atoms with Gasteiger partial charge in [-0.05, 0) is 45.4 Å². The maximum Gasteiger partial charge on any atom is 0.340 e. The van der Waals surface area contributed by atoms with Crippen molar-refractivity contribution in [3.05, 3.63) is 46.8 Å². The molecule has 0 saturated carbocycles. The zero-order valence-electron chi connectivity index (χ0n) is 17.4. The summed E-state index contributed by atoms with van der Waals surface area (Å²) >= 11 is 0. The lowest BCUT2D eigenvalue weighted by molar-refractivity contribution is -0.125. The largest absolute Gasteiger partial charge is 0.482 e. The van der Waals surface area contributed by atoms with E-state index in [-0.39, 0.29) is 25.7 Å². The maximum atomic E-state index is 12.4. The number of aryl methyl sites for hydroxylation is 1. The highest BCUT2D eigenvalue weighted by atomic mass is 16.5. The summed E-state index contributed by atoms with van der Waals surface area (Å²) in [6, 6.07) is 7.03. The minimum absolute atomic E-state index is 0.121. The second-order valence-corrected chi connectivity index (χ2v) is 6.81. The first-order chi connectivity index (χ1) is 14.3. The van der Waals surface area contributed by atoms with Crippen molar-refractivity contribution in [3.63, 3.8) is 0 Å². The van der Waals surface area contributed by atoms with Gasteiger partial charge in [0.1, 0.15) is 12.3 Å². The molecule has 0 atom stereocenters. The van der Waals surface area contributed by atoms with Gasteiger partial charge in [0, 0.05) is 5.69 Å². The van der Waals surface area contributed by atoms with Crippen molar-refractivity contribution in [3.8, 4) is 5.75 Å². The summed E-state index contributed by atoms with van der Waals surface area (Å²) in [6.07, 6.45) is 0. The normalized spacial score (nSPS) is 13.5. The fourth-order valence-corrected chi connectivity index (χ4v) is 3.33. The fraction of sp³-hybridized carbons (Fsp3) is 0.333. The summed E-state index contributed by atoms with van der Waals surface area (Å²) in [7, 11) is 0. The molecule has 1 aromatic carbocycles. The molecule has 9 heteroatoms. The average molecular weight is 412 g/mol. The van der Waals surface area contributed by atoms with Crippen LogP contribution in [0.1, 0.15) is 41.2 Å². The molecule has 1 aromatic heterocycles. The highest BCUT2D eigenvalue weighted by molar-refractivity contribution is 6.04. The van der Waals surface area contributed by atoms with Gasteiger partial charge < -0.3 is 14.5 Å². The maximum absolute atomic E-state index is 12.4. The van der Waals surface area contributed by atoms with E-state index >= 15 is 0 Å². The Bertz CT molecular complexity index is 1020. The number of benzene rings is 1. The molecular weight excluding hydrogens is 388 g/mol. The second kappa shape index (κ2) is 8.81. The number of carbonyl (C=O) groups is 3. The molecule has 0 radical (unpaired) electrons. The van der Waals surface area contributed by atoms with E-state index < -0.39 is 11.9 Å². The molecule has 0 saturated heterocycles. The number of rotatable bonds is 6. The molecule has 1 aliphatic heterocycles. The van der Waals surface area contributed by atoms with Crippen molar-refractivity contribution in [2.45, 2.75) is 27.7 Å². The number of fused-ring (bicyclic) bond motifs is 1. The summed E-state index contributed by atoms with van der Waals surface area (Å²) in [6.45, 7) is 6.99. The number of carbonyl (C=O) groups excluding carboxylic acids is 3. The summed E-state index contributed by atoms with van der Waals surface area (Å²) in [5.41, 5.74) is 5.95. The van der Waals surface area contributed by atoms with Crippen LogP contribution < -0.4 is 15.1 Å². The number of ether oxygens (including phenoxy) is 2. The number of hydrogen-bond acceptors (Lipinski definition) is 6. The van der Waals surface area contributed by atoms with Crippen molar-refractivity contribution >= 4 is 29.2 Å². The molecule has 30 heavy (non-hydrogen) atoms. The molecule has 2 heterocycles. The van der Waals surface area contributed by atoms with Crippen molar-refractivity contribution in [1.29, 1.82) is 0 Å². The Balaban J connectivity index is 1.72. The third-order valence-electron chi connectivity index (χ3n) is 4.74. The quantitative estimate of drug-likeness (QED) is 0.428. The molecule has 158 valence electrons. The van der Waals surface area contributed by atoms with E-state index in [1.807, 2.05) is 0 Å². The highest BCUT2D eigenvalue weighted by Gasteiger charge is 2.27. The minimum Gasteiger partial charge on any atom is -0.482 e. The van der Waals surface area contributed by atoms with Gasteiger partial charge in [-0.3, -0.25) is 14.5 Å². The van der Waals surface area contributed by atoms with Crippen LogP contribution in [0.5, 0.6) is 5.75 Å². The predicted octanol–water partition coefficient (Wildman–Crippen LogP) is 2.07. The van der Waals surface area contributed by atoms with E-state index in [1.165, 1.54) is 4.90 Å². The van der Waals surface area contributed by atoms with Crippen LogP contribution in [-0.2, 0) is 14.3 Å². The molecular formula is C21H24N4O5. The first-order valence-corrected chi connectivity index (χ1v) is 9.55. The van der Waals surface area contributed by atoms with Gasteiger partial charge in [0.05, 0.1) is 29.3 Å². The van der Waals surface area contributed by atoms with Gasteiger partial charge in [-0.25, -0.2) is 10.2 Å². The van der Waals surface area contributed by atoms with Crippen LogP contribution in [0.4, 0.5) is 5.69 Å². The molecule has 1 aliphatic rings. The lowest BCUT2D eigenvalue weighted by atomic mass is 10.1. The first-order valence-electron chi connectivity index (χ1n) is 9.55. The Hall–Kier alpha value is -3.62. The molecule has 0 spiro atoms. The number of hydrazone groups is 1. The Morgan fingerprint density at radius 2 is 2.03 bits per heavy atom. The number of aromatic nitrogens is 1. The van der Waals surface area contributed by atoms with Gasteiger partial charge >= 0.3 is 5.97 Å². The average Bonchev–Trinajstić information content (AvgIpc) is 3.02. The van der Waals surface area contributed by atoms with Crippen LogP contribution >= 0.6 is 0 Å². The summed E-state index contributed by atoms with van der Waals surface area (Å²) < 4.78 is 10.5. The fourth-order valence-electron chi connectivity index (χ4n) is 3.33. The van der Waals surface area contributed by atoms with Crippen LogP contribution in [0, 0.1) is 13.8 Å². The molecule has 0 bridgehead atoms. The van der Waals surface area contributed by atoms with Gasteiger partial charge in [0.2, 0.25) is 0 Å². The zero-order valence-corrected chi connectivity index (χ0v) is 17.4. The number of nitrogens with one attached hydrogen (secondary N) is 2. The molecule has 3 rings (SSSR count). The van der Waals surface area contributed by atoms with Gasteiger partial charge in [0.15, 0.2) is 6.61 Å². The Kier molecular flexibility index (Phi) is 6.20. The summed E-state index contributed by atoms with van der Waals surface area (Å²) in [5, 5.41) is 4.13. The molecule has 0 aliphatic carbocycles. The van der Waals surface area contributed by atoms with Crippen LogP contribution in [0.2, 0.25) is 0 Å². The van der Waals surface area contributed by atoms with Gasteiger partial charge in [-0.15, -0.1) is 0 Å². The lowest BCUT2D eigenvalue weighted by Crippen LogP contribution is -2.44. The molecule has 0 unspecified atom stereocenters. The third-order valence-corrected chi connectivity index (χ3v) is 4.74. The van der Waals surface area contributed by atoms with Crippen molar-refractivity contribution < 1.29 is 23.9 Å². The molecule has 2 N–H and O–H groups in total. The van der Waals surface area contributed by atoms with Crippen LogP contribution in [-0.4, -0.2) is 48.2 Å². The number of H-pyrrole nitrogens is 1. The third kappa shape index (κ3) is 4.19. The number of anilines is 1. The highest BCUT2D eigenvalue weighted by Crippen LogP contribution is 2.31. The number of hydrogen-bond donors (Lipinski definition) is 2. The SMILES string of the molecule is CCOC(=O)c1c(C)[nH]c(/C(C)=N/NC(=O)CN2C(=O)COc3ccccc32)c1C. The van der Waals surface area contributed by atoms with E-state index in [0.29, 0.717) is 39.7 Å². The van der Waals surface area contributed by atoms with Gasteiger partial charge in [-0.1, -0.05) is 12.1 Å². The predicted molar refractivity (Wildman–Crippen MR) is 111 cm³/mol. The number of para-hydroxylation sites is 2. The van der Waals surface area contributed by atoms with Crippen molar-refractivity contribution in [1.82, 2.24) is 10.4 Å². The lowest BCUT2D eigenvalue weighted by Gasteiger charge is -2.28. The Labute approximate surface area is 174 Å². The smallest absolute Gasteiger partial charge is 0.340 e. The van der Waals surface area contributed by atoms with E-state index in [9.17, 15) is 14.4 Å².